The molecular weight excluding hydrogens is 404 g/mol. The molecule has 0 bridgehead atoms. The lowest BCUT2D eigenvalue weighted by Gasteiger charge is -2.16. The zero-order chi connectivity index (χ0) is 22.5. The Balaban J connectivity index is 1.47. The second-order valence-electron chi connectivity index (χ2n) is 7.66. The zero-order valence-corrected chi connectivity index (χ0v) is 17.8. The molecule has 1 atom stereocenters. The van der Waals surface area contributed by atoms with Gasteiger partial charge in [0.1, 0.15) is 12.4 Å². The number of aromatic hydroxyl groups is 1. The summed E-state index contributed by atoms with van der Waals surface area (Å²) in [5.74, 6) is -2.95. The van der Waals surface area contributed by atoms with Crippen molar-refractivity contribution in [3.63, 3.8) is 0 Å². The Labute approximate surface area is 182 Å². The van der Waals surface area contributed by atoms with Crippen molar-refractivity contribution in [1.29, 1.82) is 0 Å². The molecule has 2 rings (SSSR count). The fraction of sp³-hybridized carbons (Fsp3) is 0.500. The summed E-state index contributed by atoms with van der Waals surface area (Å²) in [5, 5.41) is 32.1. The number of alkyl halides is 2. The Bertz CT molecular complexity index is 758. The number of rotatable bonds is 15. The second-order valence-corrected chi connectivity index (χ2v) is 7.66. The minimum Gasteiger partial charge on any atom is -0.508 e. The summed E-state index contributed by atoms with van der Waals surface area (Å²) in [7, 11) is 0. The Morgan fingerprint density at radius 2 is 1.68 bits per heavy atom. The molecule has 0 amide bonds. The molecule has 31 heavy (non-hydrogen) atoms. The molecule has 0 aliphatic heterocycles. The van der Waals surface area contributed by atoms with Gasteiger partial charge in [-0.05, 0) is 37.1 Å². The molecule has 0 aliphatic rings. The maximum absolute atomic E-state index is 14.0. The van der Waals surface area contributed by atoms with E-state index in [1.54, 1.807) is 30.3 Å². The average molecular weight is 438 g/mol. The van der Waals surface area contributed by atoms with Gasteiger partial charge < -0.3 is 25.4 Å². The lowest BCUT2D eigenvalue weighted by Crippen LogP contribution is -2.22. The van der Waals surface area contributed by atoms with Crippen molar-refractivity contribution in [2.75, 3.05) is 26.3 Å². The highest BCUT2D eigenvalue weighted by Gasteiger charge is 2.31. The summed E-state index contributed by atoms with van der Waals surface area (Å²) in [6.07, 6.45) is 3.94. The number of hydrogen-bond acceptors (Lipinski definition) is 5. The van der Waals surface area contributed by atoms with Crippen molar-refractivity contribution in [3.8, 4) is 5.75 Å². The number of unbranched alkanes of at least 4 members (excludes halogenated alkanes) is 4. The normalized spacial score (nSPS) is 12.8. The molecule has 0 aliphatic carbocycles. The number of nitrogens with one attached hydrogen (secondary N) is 1. The molecule has 0 radical (unpaired) electrons. The third-order valence-electron chi connectivity index (χ3n) is 5.12. The summed E-state index contributed by atoms with van der Waals surface area (Å²) < 4.78 is 33.1. The van der Waals surface area contributed by atoms with Gasteiger partial charge in [-0.25, -0.2) is 0 Å². The molecule has 0 heterocycles. The van der Waals surface area contributed by atoms with E-state index in [0.717, 1.165) is 38.6 Å². The first-order valence-corrected chi connectivity index (χ1v) is 10.8. The van der Waals surface area contributed by atoms with E-state index >= 15 is 0 Å². The molecule has 4 N–H and O–H groups in total. The number of benzene rings is 2. The van der Waals surface area contributed by atoms with E-state index in [-0.39, 0.29) is 17.9 Å². The van der Waals surface area contributed by atoms with Crippen molar-refractivity contribution in [3.05, 3.63) is 65.2 Å². The van der Waals surface area contributed by atoms with Gasteiger partial charge in [0, 0.05) is 24.3 Å². The minimum absolute atomic E-state index is 0.0155. The van der Waals surface area contributed by atoms with Gasteiger partial charge in [0.05, 0.1) is 12.7 Å². The van der Waals surface area contributed by atoms with E-state index < -0.39 is 18.6 Å². The largest absolute Gasteiger partial charge is 0.508 e. The maximum atomic E-state index is 14.0. The van der Waals surface area contributed by atoms with Crippen LogP contribution in [-0.4, -0.2) is 41.6 Å². The number of halogens is 2. The van der Waals surface area contributed by atoms with Crippen molar-refractivity contribution in [1.82, 2.24) is 5.32 Å². The highest BCUT2D eigenvalue weighted by atomic mass is 19.3. The third-order valence-corrected chi connectivity index (χ3v) is 5.12. The highest BCUT2D eigenvalue weighted by molar-refractivity contribution is 5.36. The molecule has 1 unspecified atom stereocenters. The van der Waals surface area contributed by atoms with Crippen LogP contribution in [0, 0.1) is 0 Å². The fourth-order valence-electron chi connectivity index (χ4n) is 3.25. The number of aliphatic hydroxyl groups excluding tert-OH is 2. The SMILES string of the molecule is OCc1cc(C(O)CNCCCCCCCOCC(F)(F)c2ccccc2)ccc1O. The standard InChI is InChI=1S/C24H33F2NO4/c25-24(26,21-9-5-4-6-10-21)18-31-14-8-3-1-2-7-13-27-16-23(30)19-11-12-22(29)20(15-19)17-28/h4-6,9-12,15,23,27-30H,1-3,7-8,13-14,16-18H2. The van der Waals surface area contributed by atoms with Crippen molar-refractivity contribution in [2.45, 2.75) is 50.7 Å². The Kier molecular flexibility index (Phi) is 10.9. The van der Waals surface area contributed by atoms with Crippen LogP contribution in [-0.2, 0) is 17.3 Å². The molecule has 7 heteroatoms. The lowest BCUT2D eigenvalue weighted by molar-refractivity contribution is -0.0831. The quantitative estimate of drug-likeness (QED) is 0.313. The van der Waals surface area contributed by atoms with Crippen LogP contribution >= 0.6 is 0 Å². The average Bonchev–Trinajstić information content (AvgIpc) is 2.78. The van der Waals surface area contributed by atoms with Gasteiger partial charge >= 0.3 is 0 Å². The van der Waals surface area contributed by atoms with E-state index in [4.69, 9.17) is 4.74 Å². The van der Waals surface area contributed by atoms with E-state index in [0.29, 0.717) is 24.3 Å². The molecule has 0 saturated carbocycles. The van der Waals surface area contributed by atoms with Crippen LogP contribution in [0.4, 0.5) is 8.78 Å². The van der Waals surface area contributed by atoms with E-state index in [1.807, 2.05) is 0 Å². The van der Waals surface area contributed by atoms with Gasteiger partial charge in [0.15, 0.2) is 0 Å². The topological polar surface area (TPSA) is 82.0 Å². The predicted molar refractivity (Wildman–Crippen MR) is 116 cm³/mol. The van der Waals surface area contributed by atoms with E-state index in [2.05, 4.69) is 5.32 Å². The maximum Gasteiger partial charge on any atom is 0.296 e. The van der Waals surface area contributed by atoms with Gasteiger partial charge in [-0.3, -0.25) is 0 Å². The van der Waals surface area contributed by atoms with Gasteiger partial charge in [-0.15, -0.1) is 0 Å². The van der Waals surface area contributed by atoms with Crippen LogP contribution in [0.3, 0.4) is 0 Å². The molecule has 172 valence electrons. The van der Waals surface area contributed by atoms with Crippen molar-refractivity contribution in [2.24, 2.45) is 0 Å². The number of aliphatic hydroxyl groups is 2. The molecule has 0 aromatic heterocycles. The molecule has 0 fully saturated rings. The first kappa shape index (κ1) is 25.2. The van der Waals surface area contributed by atoms with Crippen LogP contribution < -0.4 is 5.32 Å². The summed E-state index contributed by atoms with van der Waals surface area (Å²) in [6, 6.07) is 12.4. The number of hydrogen-bond donors (Lipinski definition) is 4. The Morgan fingerprint density at radius 3 is 2.42 bits per heavy atom. The lowest BCUT2D eigenvalue weighted by atomic mass is 10.1. The summed E-state index contributed by atoms with van der Waals surface area (Å²) in [5.41, 5.74) is 1.02. The van der Waals surface area contributed by atoms with E-state index in [1.165, 1.54) is 18.2 Å². The van der Waals surface area contributed by atoms with E-state index in [9.17, 15) is 24.1 Å². The minimum atomic E-state index is -2.96. The first-order chi connectivity index (χ1) is 14.9. The van der Waals surface area contributed by atoms with Crippen LogP contribution in [0.2, 0.25) is 0 Å². The molecular formula is C24H33F2NO4. The predicted octanol–water partition coefficient (Wildman–Crippen LogP) is 4.27. The summed E-state index contributed by atoms with van der Waals surface area (Å²) in [6.45, 7) is 0.612. The van der Waals surface area contributed by atoms with Gasteiger partial charge in [0.2, 0.25) is 0 Å². The van der Waals surface area contributed by atoms with Crippen LogP contribution in [0.1, 0.15) is 54.9 Å². The van der Waals surface area contributed by atoms with Crippen molar-refractivity contribution >= 4 is 0 Å². The van der Waals surface area contributed by atoms with Crippen LogP contribution in [0.5, 0.6) is 5.75 Å². The fourth-order valence-corrected chi connectivity index (χ4v) is 3.25. The number of ether oxygens (including phenoxy) is 1. The molecule has 0 spiro atoms. The summed E-state index contributed by atoms with van der Waals surface area (Å²) >= 11 is 0. The third kappa shape index (κ3) is 8.91. The molecule has 5 nitrogen and oxygen atoms in total. The summed E-state index contributed by atoms with van der Waals surface area (Å²) in [4.78, 5) is 0. The van der Waals surface area contributed by atoms with Crippen LogP contribution in [0.15, 0.2) is 48.5 Å². The van der Waals surface area contributed by atoms with Crippen molar-refractivity contribution < 1.29 is 28.8 Å². The second kappa shape index (κ2) is 13.4. The smallest absolute Gasteiger partial charge is 0.296 e. The van der Waals surface area contributed by atoms with Gasteiger partial charge in [0.25, 0.3) is 5.92 Å². The monoisotopic (exact) mass is 437 g/mol. The molecule has 2 aromatic carbocycles. The number of phenols is 1. The molecule has 0 saturated heterocycles. The first-order valence-electron chi connectivity index (χ1n) is 10.8. The van der Waals surface area contributed by atoms with Gasteiger partial charge in [-0.1, -0.05) is 55.7 Å². The zero-order valence-electron chi connectivity index (χ0n) is 17.8. The van der Waals surface area contributed by atoms with Gasteiger partial charge in [-0.2, -0.15) is 8.78 Å². The Hall–Kier alpha value is -2.06. The molecule has 2 aromatic rings. The van der Waals surface area contributed by atoms with Crippen LogP contribution in [0.25, 0.3) is 0 Å². The Morgan fingerprint density at radius 1 is 0.968 bits per heavy atom. The highest BCUT2D eigenvalue weighted by Crippen LogP contribution is 2.28.